The molecule has 1 amide bonds. The van der Waals surface area contributed by atoms with E-state index in [9.17, 15) is 9.18 Å². The molecule has 8 heteroatoms. The quantitative estimate of drug-likeness (QED) is 0.846. The van der Waals surface area contributed by atoms with Gasteiger partial charge in [-0.15, -0.1) is 0 Å². The maximum Gasteiger partial charge on any atom is 0.271 e. The number of nitrogens with zero attached hydrogens (tertiary/aromatic N) is 2. The summed E-state index contributed by atoms with van der Waals surface area (Å²) < 4.78 is 19.8. The minimum Gasteiger partial charge on any atom is -0.471 e. The second-order valence-electron chi connectivity index (χ2n) is 4.07. The molecule has 1 aromatic carbocycles. The van der Waals surface area contributed by atoms with Crippen LogP contribution in [0.25, 0.3) is 0 Å². The Labute approximate surface area is 125 Å². The zero-order valence-electron chi connectivity index (χ0n) is 10.9. The fraction of sp³-hybridized carbons (Fsp3) is 0.231. The van der Waals surface area contributed by atoms with Crippen LogP contribution in [0.1, 0.15) is 10.5 Å². The van der Waals surface area contributed by atoms with Gasteiger partial charge < -0.3 is 15.2 Å². The summed E-state index contributed by atoms with van der Waals surface area (Å²) in [7, 11) is 0. The molecular weight excluding hydrogens is 301 g/mol. The van der Waals surface area contributed by atoms with Gasteiger partial charge in [-0.1, -0.05) is 11.6 Å². The van der Waals surface area contributed by atoms with Gasteiger partial charge in [0.05, 0.1) is 11.6 Å². The zero-order chi connectivity index (χ0) is 15.2. The van der Waals surface area contributed by atoms with Crippen LogP contribution in [0.2, 0.25) is 5.02 Å². The van der Waals surface area contributed by atoms with Crippen LogP contribution in [0.15, 0.2) is 30.5 Å². The Morgan fingerprint density at radius 3 is 3.00 bits per heavy atom. The van der Waals surface area contributed by atoms with Crippen molar-refractivity contribution in [2.45, 2.75) is 6.73 Å². The fourth-order valence-corrected chi connectivity index (χ4v) is 1.69. The molecule has 0 radical (unpaired) electrons. The second kappa shape index (κ2) is 7.05. The number of carbonyl (C=O) groups is 1. The van der Waals surface area contributed by atoms with E-state index in [1.807, 2.05) is 0 Å². The zero-order valence-corrected chi connectivity index (χ0v) is 11.7. The average Bonchev–Trinajstić information content (AvgIpc) is 2.95. The van der Waals surface area contributed by atoms with E-state index in [0.717, 1.165) is 0 Å². The van der Waals surface area contributed by atoms with E-state index in [4.69, 9.17) is 21.4 Å². The molecule has 0 aliphatic carbocycles. The molecule has 0 atom stereocenters. The van der Waals surface area contributed by atoms with Gasteiger partial charge in [-0.05, 0) is 18.2 Å². The number of halogens is 2. The van der Waals surface area contributed by atoms with Gasteiger partial charge in [-0.3, -0.25) is 4.79 Å². The van der Waals surface area contributed by atoms with Crippen LogP contribution in [0, 0.1) is 5.82 Å². The molecule has 0 spiro atoms. The normalized spacial score (nSPS) is 10.4. The van der Waals surface area contributed by atoms with E-state index in [-0.39, 0.29) is 36.5 Å². The molecule has 1 aromatic heterocycles. The number of aromatic nitrogens is 2. The molecule has 0 unspecified atom stereocenters. The van der Waals surface area contributed by atoms with Crippen molar-refractivity contribution < 1.29 is 19.0 Å². The van der Waals surface area contributed by atoms with Crippen LogP contribution in [-0.4, -0.2) is 33.9 Å². The summed E-state index contributed by atoms with van der Waals surface area (Å²) in [6.45, 7) is 0.0758. The number of carbonyl (C=O) groups excluding carboxylic acids is 1. The summed E-state index contributed by atoms with van der Waals surface area (Å²) in [4.78, 5) is 11.6. The van der Waals surface area contributed by atoms with Crippen LogP contribution in [0.3, 0.4) is 0 Å². The Hall–Kier alpha value is -2.12. The lowest BCUT2D eigenvalue weighted by Crippen LogP contribution is -2.26. The van der Waals surface area contributed by atoms with Crippen molar-refractivity contribution in [3.05, 3.63) is 47.0 Å². The Kier molecular flexibility index (Phi) is 5.13. The molecule has 112 valence electrons. The third-order valence-corrected chi connectivity index (χ3v) is 2.81. The molecule has 2 rings (SSSR count). The van der Waals surface area contributed by atoms with Gasteiger partial charge in [-0.2, -0.15) is 5.10 Å². The van der Waals surface area contributed by atoms with E-state index < -0.39 is 5.82 Å². The van der Waals surface area contributed by atoms with Gasteiger partial charge in [0.25, 0.3) is 5.91 Å². The standard InChI is InChI=1S/C13H13ClFN3O3/c14-10-7-9(1-2-11(10)15)21-8-18-5-3-12(17-18)13(20)16-4-6-19/h1-3,5,7,19H,4,6,8H2,(H,16,20). The summed E-state index contributed by atoms with van der Waals surface area (Å²) in [5, 5.41) is 15.1. The minimum absolute atomic E-state index is 0.0305. The highest BCUT2D eigenvalue weighted by molar-refractivity contribution is 6.30. The summed E-state index contributed by atoms with van der Waals surface area (Å²) in [5.41, 5.74) is 0.212. The van der Waals surface area contributed by atoms with Crippen LogP contribution in [0.4, 0.5) is 4.39 Å². The topological polar surface area (TPSA) is 76.4 Å². The molecule has 0 saturated heterocycles. The van der Waals surface area contributed by atoms with Gasteiger partial charge >= 0.3 is 0 Å². The first kappa shape index (κ1) is 15.3. The average molecular weight is 314 g/mol. The molecule has 2 N–H and O–H groups in total. The van der Waals surface area contributed by atoms with Crippen LogP contribution < -0.4 is 10.1 Å². The Bertz CT molecular complexity index is 633. The van der Waals surface area contributed by atoms with Crippen LogP contribution >= 0.6 is 11.6 Å². The lowest BCUT2D eigenvalue weighted by molar-refractivity contribution is 0.0937. The van der Waals surface area contributed by atoms with Crippen molar-refractivity contribution in [2.24, 2.45) is 0 Å². The van der Waals surface area contributed by atoms with Crippen molar-refractivity contribution in [2.75, 3.05) is 13.2 Å². The molecule has 0 bridgehead atoms. The number of aliphatic hydroxyl groups is 1. The number of hydrogen-bond acceptors (Lipinski definition) is 4. The predicted molar refractivity (Wildman–Crippen MR) is 73.7 cm³/mol. The van der Waals surface area contributed by atoms with Gasteiger partial charge in [0.2, 0.25) is 0 Å². The largest absolute Gasteiger partial charge is 0.471 e. The van der Waals surface area contributed by atoms with Gasteiger partial charge in [0.1, 0.15) is 17.3 Å². The molecule has 2 aromatic rings. The van der Waals surface area contributed by atoms with E-state index in [1.54, 1.807) is 6.20 Å². The van der Waals surface area contributed by atoms with E-state index in [1.165, 1.54) is 28.9 Å². The van der Waals surface area contributed by atoms with Crippen molar-refractivity contribution in [1.29, 1.82) is 0 Å². The van der Waals surface area contributed by atoms with E-state index in [2.05, 4.69) is 10.4 Å². The Morgan fingerprint density at radius 1 is 1.48 bits per heavy atom. The number of hydrogen-bond donors (Lipinski definition) is 2. The smallest absolute Gasteiger partial charge is 0.271 e. The molecule has 0 aliphatic heterocycles. The molecule has 1 heterocycles. The summed E-state index contributed by atoms with van der Waals surface area (Å²) >= 11 is 5.64. The number of nitrogens with one attached hydrogen (secondary N) is 1. The molecule has 21 heavy (non-hydrogen) atoms. The van der Waals surface area contributed by atoms with Gasteiger partial charge in [0.15, 0.2) is 6.73 Å². The Morgan fingerprint density at radius 2 is 2.29 bits per heavy atom. The van der Waals surface area contributed by atoms with Crippen LogP contribution in [0.5, 0.6) is 5.75 Å². The molecule has 0 saturated carbocycles. The lowest BCUT2D eigenvalue weighted by atomic mass is 10.3. The molecular formula is C13H13ClFN3O3. The lowest BCUT2D eigenvalue weighted by Gasteiger charge is -2.06. The predicted octanol–water partition coefficient (Wildman–Crippen LogP) is 1.43. The minimum atomic E-state index is -0.522. The highest BCUT2D eigenvalue weighted by atomic mass is 35.5. The molecule has 0 fully saturated rings. The second-order valence-corrected chi connectivity index (χ2v) is 4.48. The van der Waals surface area contributed by atoms with Crippen molar-refractivity contribution in [3.8, 4) is 5.75 Å². The number of benzene rings is 1. The molecule has 6 nitrogen and oxygen atoms in total. The van der Waals surface area contributed by atoms with Crippen molar-refractivity contribution in [1.82, 2.24) is 15.1 Å². The SMILES string of the molecule is O=C(NCCO)c1ccn(COc2ccc(F)c(Cl)c2)n1. The van der Waals surface area contributed by atoms with Crippen LogP contribution in [-0.2, 0) is 6.73 Å². The monoisotopic (exact) mass is 313 g/mol. The van der Waals surface area contributed by atoms with E-state index >= 15 is 0 Å². The number of rotatable bonds is 6. The third kappa shape index (κ3) is 4.17. The molecule has 0 aliphatic rings. The number of amides is 1. The highest BCUT2D eigenvalue weighted by Crippen LogP contribution is 2.21. The number of aliphatic hydroxyl groups excluding tert-OH is 1. The first-order valence-corrected chi connectivity index (χ1v) is 6.48. The maximum absolute atomic E-state index is 13.0. The fourth-order valence-electron chi connectivity index (χ4n) is 1.52. The van der Waals surface area contributed by atoms with Gasteiger partial charge in [0, 0.05) is 18.8 Å². The summed E-state index contributed by atoms with van der Waals surface area (Å²) in [6.07, 6.45) is 1.57. The number of ether oxygens (including phenoxy) is 1. The first-order chi connectivity index (χ1) is 10.1. The third-order valence-electron chi connectivity index (χ3n) is 2.53. The first-order valence-electron chi connectivity index (χ1n) is 6.10. The van der Waals surface area contributed by atoms with Gasteiger partial charge in [-0.25, -0.2) is 9.07 Å². The van der Waals surface area contributed by atoms with Crippen molar-refractivity contribution >= 4 is 17.5 Å². The highest BCUT2D eigenvalue weighted by Gasteiger charge is 2.09. The van der Waals surface area contributed by atoms with Crippen molar-refractivity contribution in [3.63, 3.8) is 0 Å². The van der Waals surface area contributed by atoms with E-state index in [0.29, 0.717) is 5.75 Å². The summed E-state index contributed by atoms with van der Waals surface area (Å²) in [5.74, 6) is -0.512. The maximum atomic E-state index is 13.0. The Balaban J connectivity index is 1.93. The summed E-state index contributed by atoms with van der Waals surface area (Å²) in [6, 6.07) is 5.52.